The summed E-state index contributed by atoms with van der Waals surface area (Å²) in [5, 5.41) is 18.1. The summed E-state index contributed by atoms with van der Waals surface area (Å²) in [4.78, 5) is 35.9. The molecule has 1 aliphatic rings. The maximum absolute atomic E-state index is 12.4. The first-order valence-corrected chi connectivity index (χ1v) is 9.69. The van der Waals surface area contributed by atoms with Crippen LogP contribution in [0.3, 0.4) is 0 Å². The molecule has 7 nitrogen and oxygen atoms in total. The highest BCUT2D eigenvalue weighted by Crippen LogP contribution is 2.25. The lowest BCUT2D eigenvalue weighted by atomic mass is 10.0. The summed E-state index contributed by atoms with van der Waals surface area (Å²) < 4.78 is 0. The summed E-state index contributed by atoms with van der Waals surface area (Å²) in [7, 11) is 0. The van der Waals surface area contributed by atoms with Gasteiger partial charge in [0, 0.05) is 25.2 Å². The van der Waals surface area contributed by atoms with E-state index in [1.54, 1.807) is 42.5 Å². The molecule has 0 radical (unpaired) electrons. The van der Waals surface area contributed by atoms with Gasteiger partial charge in [0.05, 0.1) is 21.5 Å². The predicted molar refractivity (Wildman–Crippen MR) is 110 cm³/mol. The van der Waals surface area contributed by atoms with Crippen molar-refractivity contribution in [2.24, 2.45) is 5.92 Å². The van der Waals surface area contributed by atoms with E-state index >= 15 is 0 Å². The third-order valence-corrected chi connectivity index (χ3v) is 5.24. The first kappa shape index (κ1) is 21.1. The quantitative estimate of drug-likeness (QED) is 0.534. The third-order valence-electron chi connectivity index (χ3n) is 4.61. The number of aliphatic carboxylic acids is 1. The monoisotopic (exact) mass is 435 g/mol. The molecule has 1 saturated heterocycles. The Morgan fingerprint density at radius 3 is 2.21 bits per heavy atom. The number of halogens is 2. The first-order chi connectivity index (χ1) is 13.8. The van der Waals surface area contributed by atoms with Gasteiger partial charge in [0.15, 0.2) is 0 Å². The largest absolute Gasteiger partial charge is 0.480 e. The lowest BCUT2D eigenvalue weighted by Gasteiger charge is -2.27. The maximum Gasteiger partial charge on any atom is 0.326 e. The van der Waals surface area contributed by atoms with Crippen LogP contribution in [0.5, 0.6) is 0 Å². The molecule has 1 fully saturated rings. The molecule has 0 bridgehead atoms. The van der Waals surface area contributed by atoms with Crippen LogP contribution < -0.4 is 16.0 Å². The topological polar surface area (TPSA) is 108 Å². The Balaban J connectivity index is 1.63. The van der Waals surface area contributed by atoms with Gasteiger partial charge in [0.2, 0.25) is 5.91 Å². The van der Waals surface area contributed by atoms with E-state index in [0.29, 0.717) is 24.3 Å². The van der Waals surface area contributed by atoms with Crippen LogP contribution in [0.1, 0.15) is 15.9 Å². The molecule has 1 atom stereocenters. The minimum atomic E-state index is -1.10. The average molecular weight is 436 g/mol. The van der Waals surface area contributed by atoms with Crippen molar-refractivity contribution in [2.75, 3.05) is 18.4 Å². The van der Waals surface area contributed by atoms with Gasteiger partial charge in [-0.2, -0.15) is 0 Å². The van der Waals surface area contributed by atoms with Gasteiger partial charge in [0.1, 0.15) is 6.04 Å². The minimum Gasteiger partial charge on any atom is -0.480 e. The molecule has 2 amide bonds. The van der Waals surface area contributed by atoms with E-state index in [1.807, 2.05) is 0 Å². The number of nitrogens with one attached hydrogen (secondary N) is 3. The molecule has 0 aliphatic carbocycles. The van der Waals surface area contributed by atoms with E-state index in [9.17, 15) is 19.5 Å². The van der Waals surface area contributed by atoms with E-state index in [4.69, 9.17) is 23.2 Å². The van der Waals surface area contributed by atoms with Gasteiger partial charge in [-0.05, 0) is 29.8 Å². The standard InChI is InChI=1S/C20H19Cl2N3O4/c21-14-2-1-3-15(22)17(14)19(27)24-13-6-4-11(5-7-13)8-16(20(28)29)25-18(26)12-9-23-10-12/h1-7,12,16,23H,8-10H2,(H,24,27)(H,25,26)(H,28,29)/t16-/m0/s1. The highest BCUT2D eigenvalue weighted by molar-refractivity contribution is 6.40. The highest BCUT2D eigenvalue weighted by Gasteiger charge is 2.29. The van der Waals surface area contributed by atoms with Crippen molar-refractivity contribution in [1.29, 1.82) is 0 Å². The van der Waals surface area contributed by atoms with Gasteiger partial charge in [-0.25, -0.2) is 4.79 Å². The average Bonchev–Trinajstić information content (AvgIpc) is 2.61. The Bertz CT molecular complexity index is 910. The zero-order chi connectivity index (χ0) is 21.0. The van der Waals surface area contributed by atoms with Crippen LogP contribution in [-0.4, -0.2) is 42.0 Å². The summed E-state index contributed by atoms with van der Waals surface area (Å²) in [6, 6.07) is 10.5. The Hall–Kier alpha value is -2.61. The summed E-state index contributed by atoms with van der Waals surface area (Å²) >= 11 is 12.1. The van der Waals surface area contributed by atoms with Crippen molar-refractivity contribution in [1.82, 2.24) is 10.6 Å². The lowest BCUT2D eigenvalue weighted by molar-refractivity contribution is -0.142. The van der Waals surface area contributed by atoms with Crippen LogP contribution >= 0.6 is 23.2 Å². The van der Waals surface area contributed by atoms with Crippen LogP contribution in [-0.2, 0) is 16.0 Å². The molecule has 1 heterocycles. The predicted octanol–water partition coefficient (Wildman–Crippen LogP) is 2.58. The molecule has 2 aromatic carbocycles. The van der Waals surface area contributed by atoms with E-state index in [-0.39, 0.29) is 33.9 Å². The molecule has 9 heteroatoms. The molecule has 1 aliphatic heterocycles. The first-order valence-electron chi connectivity index (χ1n) is 8.93. The van der Waals surface area contributed by atoms with Gasteiger partial charge in [0.25, 0.3) is 5.91 Å². The zero-order valence-electron chi connectivity index (χ0n) is 15.2. The number of amides is 2. The fraction of sp³-hybridized carbons (Fsp3) is 0.250. The normalized spacial score (nSPS) is 14.6. The van der Waals surface area contributed by atoms with Crippen molar-refractivity contribution >= 4 is 46.7 Å². The van der Waals surface area contributed by atoms with Crippen molar-refractivity contribution in [3.05, 3.63) is 63.6 Å². The Kier molecular flexibility index (Phi) is 6.74. The van der Waals surface area contributed by atoms with Gasteiger partial charge in [-0.15, -0.1) is 0 Å². The Labute approximate surface area is 177 Å². The molecule has 29 heavy (non-hydrogen) atoms. The van der Waals surface area contributed by atoms with Crippen molar-refractivity contribution in [2.45, 2.75) is 12.5 Å². The number of hydrogen-bond acceptors (Lipinski definition) is 4. The van der Waals surface area contributed by atoms with Gasteiger partial charge < -0.3 is 21.1 Å². The van der Waals surface area contributed by atoms with E-state index in [0.717, 1.165) is 0 Å². The number of hydrogen-bond donors (Lipinski definition) is 4. The number of anilines is 1. The minimum absolute atomic E-state index is 0.131. The number of carboxylic acids is 1. The highest BCUT2D eigenvalue weighted by atomic mass is 35.5. The molecule has 152 valence electrons. The summed E-state index contributed by atoms with van der Waals surface area (Å²) in [5.74, 6) is -2.00. The van der Waals surface area contributed by atoms with Crippen LogP contribution in [0.2, 0.25) is 10.0 Å². The number of carboxylic acid groups (broad SMARTS) is 1. The van der Waals surface area contributed by atoms with E-state index in [2.05, 4.69) is 16.0 Å². The summed E-state index contributed by atoms with van der Waals surface area (Å²) in [6.45, 7) is 1.12. The van der Waals surface area contributed by atoms with Crippen molar-refractivity contribution in [3.63, 3.8) is 0 Å². The van der Waals surface area contributed by atoms with Crippen molar-refractivity contribution in [3.8, 4) is 0 Å². The fourth-order valence-corrected chi connectivity index (χ4v) is 3.40. The molecule has 4 N–H and O–H groups in total. The van der Waals surface area contributed by atoms with Gasteiger partial charge in [-0.1, -0.05) is 41.4 Å². The molecule has 0 saturated carbocycles. The van der Waals surface area contributed by atoms with Crippen LogP contribution in [0.4, 0.5) is 5.69 Å². The number of benzene rings is 2. The van der Waals surface area contributed by atoms with Crippen LogP contribution in [0.15, 0.2) is 42.5 Å². The Morgan fingerprint density at radius 2 is 1.69 bits per heavy atom. The molecule has 3 rings (SSSR count). The van der Waals surface area contributed by atoms with Gasteiger partial charge in [-0.3, -0.25) is 9.59 Å². The molecule has 0 aromatic heterocycles. The molecule has 0 spiro atoms. The summed E-state index contributed by atoms with van der Waals surface area (Å²) in [5.41, 5.74) is 1.39. The summed E-state index contributed by atoms with van der Waals surface area (Å²) in [6.07, 6.45) is 0.131. The van der Waals surface area contributed by atoms with Crippen molar-refractivity contribution < 1.29 is 19.5 Å². The second kappa shape index (κ2) is 9.26. The van der Waals surface area contributed by atoms with Crippen LogP contribution in [0, 0.1) is 5.92 Å². The zero-order valence-corrected chi connectivity index (χ0v) is 16.8. The maximum atomic E-state index is 12.4. The number of rotatable bonds is 7. The fourth-order valence-electron chi connectivity index (χ4n) is 2.83. The Morgan fingerprint density at radius 1 is 1.07 bits per heavy atom. The second-order valence-electron chi connectivity index (χ2n) is 6.71. The third kappa shape index (κ3) is 5.26. The van der Waals surface area contributed by atoms with E-state index in [1.165, 1.54) is 0 Å². The molecular formula is C20H19Cl2N3O4. The van der Waals surface area contributed by atoms with E-state index < -0.39 is 17.9 Å². The SMILES string of the molecule is O=C(Nc1ccc(C[C@H](NC(=O)C2CNC2)C(=O)O)cc1)c1c(Cl)cccc1Cl. The number of carbonyl (C=O) groups is 3. The second-order valence-corrected chi connectivity index (χ2v) is 7.52. The smallest absolute Gasteiger partial charge is 0.326 e. The molecule has 0 unspecified atom stereocenters. The number of carbonyl (C=O) groups excluding carboxylic acids is 2. The van der Waals surface area contributed by atoms with Gasteiger partial charge >= 0.3 is 5.97 Å². The molecule has 2 aromatic rings. The van der Waals surface area contributed by atoms with Crippen LogP contribution in [0.25, 0.3) is 0 Å². The lowest BCUT2D eigenvalue weighted by Crippen LogP contribution is -2.54. The molecular weight excluding hydrogens is 417 g/mol.